The molecule has 0 fully saturated rings. The summed E-state index contributed by atoms with van der Waals surface area (Å²) in [5, 5.41) is 14.1. The Morgan fingerprint density at radius 1 is 2.08 bits per heavy atom. The van der Waals surface area contributed by atoms with Crippen LogP contribution in [-0.4, -0.2) is 30.6 Å². The lowest BCUT2D eigenvalue weighted by Crippen LogP contribution is -2.20. The lowest BCUT2D eigenvalue weighted by atomic mass is 10.8. The number of hydrogen-bond acceptors (Lipinski definition) is 5. The Balaban J connectivity index is 0. The van der Waals surface area contributed by atoms with Crippen molar-refractivity contribution in [3.8, 4) is 0 Å². The van der Waals surface area contributed by atoms with E-state index in [2.05, 4.69) is 29.5 Å². The van der Waals surface area contributed by atoms with Crippen molar-refractivity contribution < 1.29 is 16.0 Å². The quantitative estimate of drug-likeness (QED) is 0.349. The number of rotatable bonds is 3. The summed E-state index contributed by atoms with van der Waals surface area (Å²) in [4.78, 5) is 10.4. The maximum atomic E-state index is 10.4. The summed E-state index contributed by atoms with van der Waals surface area (Å²) in [7, 11) is 2.48. The van der Waals surface area contributed by atoms with E-state index in [1.54, 1.807) is 6.92 Å². The topological polar surface area (TPSA) is 94.8 Å². The number of hydrazone groups is 1. The standard InChI is InChI=1S/C5H10N2O3.H2NP/c1-2-6-7-5(9)10-4-3-8;1-2/h2,8H,3-4H2,1H3,(H,7,9);1-2H/i/hD. The summed E-state index contributed by atoms with van der Waals surface area (Å²) in [6.07, 6.45) is 0.757. The monoisotopic (exact) mass is 194 g/mol. The van der Waals surface area contributed by atoms with Gasteiger partial charge in [0.05, 0.1) is 6.61 Å². The minimum Gasteiger partial charge on any atom is -0.446 e. The van der Waals surface area contributed by atoms with Crippen molar-refractivity contribution in [1.29, 1.82) is 5.15 Å². The molecule has 0 aromatic rings. The highest BCUT2D eigenvalue weighted by Crippen LogP contribution is 1.74. The zero-order valence-corrected chi connectivity index (χ0v) is 7.65. The van der Waals surface area contributed by atoms with E-state index in [0.29, 0.717) is 0 Å². The number of aliphatic hydroxyl groups excluding tert-OH is 1. The van der Waals surface area contributed by atoms with E-state index in [1.165, 1.54) is 6.21 Å². The van der Waals surface area contributed by atoms with Gasteiger partial charge in [-0.2, -0.15) is 5.10 Å². The molecule has 0 saturated heterocycles. The molecule has 0 radical (unpaired) electrons. The van der Waals surface area contributed by atoms with Crippen LogP contribution < -0.4 is 5.43 Å². The number of carbonyl (C=O) groups is 1. The van der Waals surface area contributed by atoms with Crippen molar-refractivity contribution in [2.24, 2.45) is 5.10 Å². The maximum absolute atomic E-state index is 10.4. The molecule has 0 unspecified atom stereocenters. The van der Waals surface area contributed by atoms with Crippen LogP contribution in [0.25, 0.3) is 0 Å². The zero-order chi connectivity index (χ0) is 10.5. The summed E-state index contributed by atoms with van der Waals surface area (Å²) in [6.45, 7) is 1.47. The van der Waals surface area contributed by atoms with Gasteiger partial charge in [-0.3, -0.25) is 5.15 Å². The van der Waals surface area contributed by atoms with Gasteiger partial charge in [0.2, 0.25) is 0 Å². The molecule has 0 bridgehead atoms. The maximum Gasteiger partial charge on any atom is 0.427 e. The number of nitrogens with one attached hydrogen (secondary N) is 2. The average Bonchev–Trinajstić information content (AvgIpc) is 2.12. The molecule has 1 amide bonds. The summed E-state index contributed by atoms with van der Waals surface area (Å²) in [5.41, 5.74) is 2.06. The predicted octanol–water partition coefficient (Wildman–Crippen LogP) is 0.602. The molecule has 0 aromatic carbocycles. The molecule has 0 aliphatic rings. The molecule has 0 rings (SSSR count). The third-order valence-electron chi connectivity index (χ3n) is 0.609. The van der Waals surface area contributed by atoms with Gasteiger partial charge in [0.25, 0.3) is 0 Å². The molecule has 3 N–H and O–H groups in total. The molecule has 0 aromatic heterocycles. The van der Waals surface area contributed by atoms with Gasteiger partial charge in [-0.05, 0) is 16.0 Å². The summed E-state index contributed by atoms with van der Waals surface area (Å²) in [6, 6.07) is 0. The SMILES string of the molecule is CC=NNC(=O)OCCO.[2H]N=P. The van der Waals surface area contributed by atoms with Crippen LogP contribution in [0.2, 0.25) is 1.41 Å². The molecule has 70 valence electrons. The predicted molar refractivity (Wildman–Crippen MR) is 46.8 cm³/mol. The van der Waals surface area contributed by atoms with Crippen LogP contribution in [0.4, 0.5) is 4.79 Å². The third kappa shape index (κ3) is 11.8. The first-order valence-corrected chi connectivity index (χ1v) is 3.49. The minimum atomic E-state index is -0.660. The Morgan fingerprint density at radius 2 is 2.67 bits per heavy atom. The molecule has 0 saturated carbocycles. The van der Waals surface area contributed by atoms with Crippen LogP contribution in [0.5, 0.6) is 0 Å². The fourth-order valence-corrected chi connectivity index (χ4v) is 0.288. The second-order valence-corrected chi connectivity index (χ2v) is 1.36. The fraction of sp³-hybridized carbons (Fsp3) is 0.600. The van der Waals surface area contributed by atoms with Crippen LogP contribution in [0.15, 0.2) is 5.10 Å². The van der Waals surface area contributed by atoms with Gasteiger partial charge >= 0.3 is 6.09 Å². The lowest BCUT2D eigenvalue weighted by Gasteiger charge is -1.98. The van der Waals surface area contributed by atoms with Gasteiger partial charge in [-0.1, -0.05) is 0 Å². The molecule has 0 atom stereocenters. The van der Waals surface area contributed by atoms with Crippen LogP contribution in [0, 0.1) is 5.15 Å². The largest absolute Gasteiger partial charge is 0.446 e. The molecule has 0 aliphatic heterocycles. The second kappa shape index (κ2) is 12.7. The Morgan fingerprint density at radius 3 is 3.08 bits per heavy atom. The van der Waals surface area contributed by atoms with E-state index in [4.69, 9.17) is 6.52 Å². The van der Waals surface area contributed by atoms with Crippen molar-refractivity contribution in [3.63, 3.8) is 0 Å². The van der Waals surface area contributed by atoms with Gasteiger partial charge in [-0.15, -0.1) is 0 Å². The number of nitrogens with zero attached hydrogens (tertiary/aromatic N) is 1. The van der Waals surface area contributed by atoms with E-state index >= 15 is 0 Å². The summed E-state index contributed by atoms with van der Waals surface area (Å²) in [5.74, 6) is 0. The van der Waals surface area contributed by atoms with Gasteiger partial charge in [0.15, 0.2) is 1.41 Å². The van der Waals surface area contributed by atoms with Crippen molar-refractivity contribution in [3.05, 3.63) is 0 Å². The lowest BCUT2D eigenvalue weighted by molar-refractivity contribution is 0.119. The Hall–Kier alpha value is -1.00. The molecule has 12 heavy (non-hydrogen) atoms. The van der Waals surface area contributed by atoms with Crippen molar-refractivity contribution >= 4 is 21.3 Å². The van der Waals surface area contributed by atoms with Crippen molar-refractivity contribution in [2.75, 3.05) is 13.2 Å². The van der Waals surface area contributed by atoms with Crippen LogP contribution >= 0.6 is 9.03 Å². The summed E-state index contributed by atoms with van der Waals surface area (Å²) < 4.78 is 10.1. The molecule has 7 heteroatoms. The first kappa shape index (κ1) is 11.0. The smallest absolute Gasteiger partial charge is 0.427 e. The highest BCUT2D eigenvalue weighted by Gasteiger charge is 1.95. The van der Waals surface area contributed by atoms with Gasteiger partial charge in [0.1, 0.15) is 6.61 Å². The Labute approximate surface area is 74.2 Å². The fourth-order valence-electron chi connectivity index (χ4n) is 0.288. The van der Waals surface area contributed by atoms with Gasteiger partial charge in [-0.25, -0.2) is 10.2 Å². The molecular formula is C5H12N3O3P. The minimum absolute atomic E-state index is 0.00886. The molecule has 0 aliphatic carbocycles. The summed E-state index contributed by atoms with van der Waals surface area (Å²) >= 11 is 0. The van der Waals surface area contributed by atoms with E-state index < -0.39 is 6.09 Å². The van der Waals surface area contributed by atoms with E-state index in [-0.39, 0.29) is 13.2 Å². The first-order valence-electron chi connectivity index (χ1n) is 3.49. The Bertz CT molecular complexity index is 167. The average molecular weight is 194 g/mol. The van der Waals surface area contributed by atoms with Crippen LogP contribution in [0.3, 0.4) is 0 Å². The molecule has 6 nitrogen and oxygen atoms in total. The number of ether oxygens (including phenoxy) is 1. The molecule has 0 heterocycles. The van der Waals surface area contributed by atoms with E-state index in [1.807, 2.05) is 0 Å². The van der Waals surface area contributed by atoms with Gasteiger partial charge in [0, 0.05) is 6.21 Å². The zero-order valence-electron chi connectivity index (χ0n) is 7.65. The molecule has 0 spiro atoms. The van der Waals surface area contributed by atoms with Gasteiger partial charge < -0.3 is 9.84 Å². The van der Waals surface area contributed by atoms with Crippen LogP contribution in [0.1, 0.15) is 6.92 Å². The number of carbonyl (C=O) groups excluding carboxylic acids is 1. The highest BCUT2D eigenvalue weighted by atomic mass is 31.0. The number of hydrogen-bond donors (Lipinski definition) is 3. The Kier molecular flexibility index (Phi) is 11.6. The van der Waals surface area contributed by atoms with Crippen LogP contribution in [-0.2, 0) is 4.74 Å². The van der Waals surface area contributed by atoms with E-state index in [9.17, 15) is 4.79 Å². The highest BCUT2D eigenvalue weighted by molar-refractivity contribution is 7.02. The second-order valence-electron chi connectivity index (χ2n) is 1.36. The third-order valence-corrected chi connectivity index (χ3v) is 0.609. The first-order chi connectivity index (χ1) is 6.22. The molecular weight excluding hydrogens is 181 g/mol. The van der Waals surface area contributed by atoms with Crippen molar-refractivity contribution in [2.45, 2.75) is 6.92 Å². The van der Waals surface area contributed by atoms with E-state index in [0.717, 1.165) is 0 Å². The number of aliphatic hydroxyl groups is 1. The normalized spacial score (nSPS) is 9.33. The van der Waals surface area contributed by atoms with Crippen molar-refractivity contribution in [1.82, 2.24) is 5.43 Å². The number of amides is 1.